The monoisotopic (exact) mass is 654 g/mol. The zero-order chi connectivity index (χ0) is 30.6. The molecule has 3 atom stereocenters. The second-order valence-electron chi connectivity index (χ2n) is 9.65. The number of aliphatic carboxylic acids is 1. The van der Waals surface area contributed by atoms with E-state index in [0.717, 1.165) is 5.01 Å². The number of β-lactam (4-membered cyclic amide) rings is 1. The van der Waals surface area contributed by atoms with Gasteiger partial charge in [-0.05, 0) is 30.5 Å². The molecule has 224 valence electrons. The van der Waals surface area contributed by atoms with Gasteiger partial charge in [0, 0.05) is 17.1 Å². The third kappa shape index (κ3) is 7.25. The molecule has 3 heterocycles. The van der Waals surface area contributed by atoms with Crippen LogP contribution in [0.4, 0.5) is 0 Å². The molecule has 0 bridgehead atoms. The van der Waals surface area contributed by atoms with Crippen LogP contribution in [0.25, 0.3) is 0 Å². The molecular formula is C26H27ClN4O8S3. The first-order chi connectivity index (χ1) is 20.0. The van der Waals surface area contributed by atoms with Crippen LogP contribution < -0.4 is 5.32 Å². The molecule has 2 aromatic rings. The fraction of sp³-hybridized carbons (Fsp3) is 0.423. The number of thioether (sulfide) groups is 2. The van der Waals surface area contributed by atoms with Crippen LogP contribution in [-0.4, -0.2) is 85.3 Å². The minimum absolute atomic E-state index is 0.118. The lowest BCUT2D eigenvalue weighted by molar-refractivity contribution is -0.157. The van der Waals surface area contributed by atoms with Crippen molar-refractivity contribution in [3.63, 3.8) is 0 Å². The molecule has 2 aliphatic heterocycles. The van der Waals surface area contributed by atoms with Crippen molar-refractivity contribution in [1.82, 2.24) is 20.4 Å². The van der Waals surface area contributed by atoms with Gasteiger partial charge in [-0.25, -0.2) is 9.59 Å². The van der Waals surface area contributed by atoms with Crippen LogP contribution in [0, 0.1) is 12.8 Å². The van der Waals surface area contributed by atoms with Crippen molar-refractivity contribution in [3.05, 3.63) is 51.7 Å². The normalized spacial score (nSPS) is 18.7. The Bertz CT molecular complexity index is 1410. The first kappa shape index (κ1) is 31.8. The molecule has 1 aromatic heterocycles. The molecule has 16 heteroatoms. The van der Waals surface area contributed by atoms with Gasteiger partial charge in [0.2, 0.25) is 6.10 Å². The van der Waals surface area contributed by atoms with Crippen molar-refractivity contribution < 1.29 is 38.6 Å². The number of carboxylic acid groups (broad SMARTS) is 1. The summed E-state index contributed by atoms with van der Waals surface area (Å²) in [6.45, 7) is 5.87. The summed E-state index contributed by atoms with van der Waals surface area (Å²) in [6, 6.07) is 4.71. The predicted molar refractivity (Wildman–Crippen MR) is 156 cm³/mol. The first-order valence-corrected chi connectivity index (χ1v) is 16.0. The molecule has 0 saturated carbocycles. The SMILES string of the molecule is Cc1nnc(SCC2=C(C(=O)O)N3C(=O)C(NC(=O)C(OC(=O)CCl)c4ccc(C(=O)OCC(C)C)cc4)[C@@H]3SC2)s1. The van der Waals surface area contributed by atoms with Crippen molar-refractivity contribution in [1.29, 1.82) is 0 Å². The highest BCUT2D eigenvalue weighted by Crippen LogP contribution is 2.42. The Morgan fingerprint density at radius 2 is 1.93 bits per heavy atom. The number of aromatic nitrogens is 2. The van der Waals surface area contributed by atoms with E-state index in [9.17, 15) is 29.1 Å². The molecule has 0 radical (unpaired) electrons. The molecule has 42 heavy (non-hydrogen) atoms. The Hall–Kier alpha value is -3.14. The number of rotatable bonds is 12. The third-order valence-electron chi connectivity index (χ3n) is 6.02. The topological polar surface area (TPSA) is 165 Å². The highest BCUT2D eigenvalue weighted by atomic mass is 35.5. The summed E-state index contributed by atoms with van der Waals surface area (Å²) in [5, 5.41) is 20.6. The van der Waals surface area contributed by atoms with Crippen LogP contribution in [-0.2, 0) is 28.7 Å². The van der Waals surface area contributed by atoms with E-state index in [-0.39, 0.29) is 29.3 Å². The molecule has 2 unspecified atom stereocenters. The van der Waals surface area contributed by atoms with E-state index < -0.39 is 53.1 Å². The van der Waals surface area contributed by atoms with E-state index in [0.29, 0.717) is 21.4 Å². The van der Waals surface area contributed by atoms with E-state index in [1.54, 1.807) is 0 Å². The average molecular weight is 655 g/mol. The summed E-state index contributed by atoms with van der Waals surface area (Å²) in [4.78, 5) is 64.1. The molecule has 12 nitrogen and oxygen atoms in total. The van der Waals surface area contributed by atoms with Gasteiger partial charge < -0.3 is 19.9 Å². The second kappa shape index (κ2) is 13.9. The van der Waals surface area contributed by atoms with E-state index in [2.05, 4.69) is 15.5 Å². The summed E-state index contributed by atoms with van der Waals surface area (Å²) in [6.07, 6.45) is -1.47. The second-order valence-corrected chi connectivity index (χ2v) is 13.4. The number of carbonyl (C=O) groups excluding carboxylic acids is 4. The number of carboxylic acids is 1. The zero-order valence-electron chi connectivity index (χ0n) is 22.7. The number of fused-ring (bicyclic) bond motifs is 1. The van der Waals surface area contributed by atoms with Crippen LogP contribution in [0.3, 0.4) is 0 Å². The van der Waals surface area contributed by atoms with Gasteiger partial charge in [-0.15, -0.1) is 33.6 Å². The summed E-state index contributed by atoms with van der Waals surface area (Å²) in [5.74, 6) is -3.77. The summed E-state index contributed by atoms with van der Waals surface area (Å²) in [5.41, 5.74) is 0.922. The van der Waals surface area contributed by atoms with Gasteiger partial charge in [-0.1, -0.05) is 49.1 Å². The molecule has 4 rings (SSSR count). The van der Waals surface area contributed by atoms with Gasteiger partial charge >= 0.3 is 17.9 Å². The Kier molecular flexibility index (Phi) is 10.5. The minimum atomic E-state index is -1.47. The number of esters is 2. The molecule has 2 amide bonds. The number of aryl methyl sites for hydroxylation is 1. The van der Waals surface area contributed by atoms with Crippen LogP contribution >= 0.6 is 46.5 Å². The molecule has 1 fully saturated rings. The lowest BCUT2D eigenvalue weighted by atomic mass is 10.0. The largest absolute Gasteiger partial charge is 0.477 e. The van der Waals surface area contributed by atoms with Crippen LogP contribution in [0.2, 0.25) is 0 Å². The van der Waals surface area contributed by atoms with Crippen molar-refractivity contribution in [2.45, 2.75) is 42.6 Å². The smallest absolute Gasteiger partial charge is 0.352 e. The Balaban J connectivity index is 1.47. The summed E-state index contributed by atoms with van der Waals surface area (Å²) in [7, 11) is 0. The number of halogens is 1. The van der Waals surface area contributed by atoms with Gasteiger partial charge in [0.25, 0.3) is 11.8 Å². The lowest BCUT2D eigenvalue weighted by Crippen LogP contribution is -2.71. The van der Waals surface area contributed by atoms with Crippen LogP contribution in [0.1, 0.15) is 40.9 Å². The Morgan fingerprint density at radius 1 is 1.21 bits per heavy atom. The van der Waals surface area contributed by atoms with Gasteiger partial charge in [0.15, 0.2) is 4.34 Å². The molecule has 0 aliphatic carbocycles. The molecule has 2 N–H and O–H groups in total. The highest BCUT2D eigenvalue weighted by Gasteiger charge is 2.54. The molecule has 2 aliphatic rings. The van der Waals surface area contributed by atoms with Crippen LogP contribution in [0.5, 0.6) is 0 Å². The summed E-state index contributed by atoms with van der Waals surface area (Å²) >= 11 is 9.64. The van der Waals surface area contributed by atoms with E-state index >= 15 is 0 Å². The van der Waals surface area contributed by atoms with Gasteiger partial charge in [0.05, 0.1) is 12.2 Å². The number of ether oxygens (including phenoxy) is 2. The lowest BCUT2D eigenvalue weighted by Gasteiger charge is -2.49. The number of nitrogens with one attached hydrogen (secondary N) is 1. The summed E-state index contributed by atoms with van der Waals surface area (Å²) < 4.78 is 11.2. The number of benzene rings is 1. The number of hydrogen-bond acceptors (Lipinski definition) is 12. The molecule has 1 saturated heterocycles. The third-order valence-corrected chi connectivity index (χ3v) is 9.63. The maximum absolute atomic E-state index is 13.3. The van der Waals surface area contributed by atoms with Crippen molar-refractivity contribution in [3.8, 4) is 0 Å². The van der Waals surface area contributed by atoms with E-state index in [1.807, 2.05) is 20.8 Å². The first-order valence-electron chi connectivity index (χ1n) is 12.7. The number of nitrogens with zero attached hydrogens (tertiary/aromatic N) is 3. The average Bonchev–Trinajstić information content (AvgIpc) is 3.40. The Labute approximate surface area is 258 Å². The van der Waals surface area contributed by atoms with Gasteiger partial charge in [-0.2, -0.15) is 0 Å². The maximum atomic E-state index is 13.3. The molecule has 1 aromatic carbocycles. The standard InChI is InChI=1S/C26H27ClN4O8S3/c1-12(2)9-38-25(37)15-6-4-14(5-7-15)20(39-17(32)8-27)21(33)28-18-22(34)31-19(24(35)36)16(10-40-23(18)31)11-41-26-30-29-13(3)42-26/h4-7,12,18,20,23H,8-11H2,1-3H3,(H,28,33)(H,35,36)/t18?,20?,23-/m0/s1. The van der Waals surface area contributed by atoms with Crippen molar-refractivity contribution >= 4 is 76.2 Å². The highest BCUT2D eigenvalue weighted by molar-refractivity contribution is 8.01. The number of hydrogen-bond donors (Lipinski definition) is 2. The van der Waals surface area contributed by atoms with E-state index in [4.69, 9.17) is 21.1 Å². The predicted octanol–water partition coefficient (Wildman–Crippen LogP) is 3.01. The van der Waals surface area contributed by atoms with Crippen molar-refractivity contribution in [2.24, 2.45) is 5.92 Å². The fourth-order valence-corrected chi connectivity index (χ4v) is 7.43. The molecule has 0 spiro atoms. The van der Waals surface area contributed by atoms with E-state index in [1.165, 1.54) is 64.0 Å². The number of carbonyl (C=O) groups is 5. The van der Waals surface area contributed by atoms with Gasteiger partial charge in [-0.3, -0.25) is 19.3 Å². The van der Waals surface area contributed by atoms with Crippen LogP contribution in [0.15, 0.2) is 39.9 Å². The number of alkyl halides is 1. The van der Waals surface area contributed by atoms with Crippen molar-refractivity contribution in [2.75, 3.05) is 24.0 Å². The minimum Gasteiger partial charge on any atom is -0.477 e. The zero-order valence-corrected chi connectivity index (χ0v) is 25.9. The molecular weight excluding hydrogens is 628 g/mol. The quantitative estimate of drug-likeness (QED) is 0.149. The fourth-order valence-electron chi connectivity index (χ4n) is 4.06. The maximum Gasteiger partial charge on any atom is 0.352 e. The van der Waals surface area contributed by atoms with Gasteiger partial charge in [0.1, 0.15) is 28.0 Å². The Morgan fingerprint density at radius 3 is 2.52 bits per heavy atom. The number of amides is 2.